The summed E-state index contributed by atoms with van der Waals surface area (Å²) in [5.74, 6) is 0. The lowest BCUT2D eigenvalue weighted by atomic mass is 10.3. The van der Waals surface area contributed by atoms with Crippen molar-refractivity contribution in [3.63, 3.8) is 0 Å². The average Bonchev–Trinajstić information content (AvgIpc) is 2.56. The van der Waals surface area contributed by atoms with E-state index in [1.165, 1.54) is 11.3 Å². The molecule has 0 radical (unpaired) electrons. The quantitative estimate of drug-likeness (QED) is 0.559. The SMILES string of the molecule is O=c1nc(Nc2ccc(Cl)cc2)sc2nc3ccccc3nc12. The van der Waals surface area contributed by atoms with Gasteiger partial charge in [-0.15, -0.1) is 0 Å². The lowest BCUT2D eigenvalue weighted by molar-refractivity contribution is 1.26. The molecule has 0 unspecified atom stereocenters. The number of benzene rings is 2. The molecule has 0 saturated carbocycles. The van der Waals surface area contributed by atoms with Crippen LogP contribution in [0.25, 0.3) is 21.4 Å². The predicted octanol–water partition coefficient (Wildman–Crippen LogP) is 4.00. The number of aromatic nitrogens is 3. The Kier molecular flexibility index (Phi) is 3.40. The Morgan fingerprint density at radius 1 is 0.913 bits per heavy atom. The van der Waals surface area contributed by atoms with Crippen molar-refractivity contribution in [1.29, 1.82) is 0 Å². The summed E-state index contributed by atoms with van der Waals surface area (Å²) in [6, 6.07) is 14.6. The highest BCUT2D eigenvalue weighted by atomic mass is 35.5. The summed E-state index contributed by atoms with van der Waals surface area (Å²) in [5, 5.41) is 4.21. The summed E-state index contributed by atoms with van der Waals surface area (Å²) >= 11 is 7.15. The minimum atomic E-state index is -0.395. The summed E-state index contributed by atoms with van der Waals surface area (Å²) in [4.78, 5) is 25.7. The maximum atomic E-state index is 12.2. The Morgan fingerprint density at radius 2 is 1.61 bits per heavy atom. The van der Waals surface area contributed by atoms with Crippen LogP contribution in [0.3, 0.4) is 0 Å². The fourth-order valence-electron chi connectivity index (χ4n) is 2.16. The van der Waals surface area contributed by atoms with Crippen molar-refractivity contribution in [3.05, 3.63) is 63.9 Å². The van der Waals surface area contributed by atoms with E-state index in [1.54, 1.807) is 12.1 Å². The Balaban J connectivity index is 1.83. The van der Waals surface area contributed by atoms with E-state index < -0.39 is 5.56 Å². The van der Waals surface area contributed by atoms with Gasteiger partial charge in [0.15, 0.2) is 15.5 Å². The maximum absolute atomic E-state index is 12.2. The third-order valence-corrected chi connectivity index (χ3v) is 4.35. The first-order chi connectivity index (χ1) is 11.2. The van der Waals surface area contributed by atoms with E-state index >= 15 is 0 Å². The molecular weight excluding hydrogens is 332 g/mol. The molecule has 1 N–H and O–H groups in total. The highest BCUT2D eigenvalue weighted by Crippen LogP contribution is 2.24. The van der Waals surface area contributed by atoms with Gasteiger partial charge in [0.2, 0.25) is 0 Å². The molecular formula is C16H9ClN4OS. The van der Waals surface area contributed by atoms with Gasteiger partial charge in [0.1, 0.15) is 0 Å². The topological polar surface area (TPSA) is 67.8 Å². The molecule has 5 nitrogen and oxygen atoms in total. The molecule has 4 aromatic rings. The molecule has 23 heavy (non-hydrogen) atoms. The van der Waals surface area contributed by atoms with Gasteiger partial charge in [0, 0.05) is 10.7 Å². The number of para-hydroxylation sites is 2. The zero-order chi connectivity index (χ0) is 15.8. The predicted molar refractivity (Wildman–Crippen MR) is 93.7 cm³/mol. The molecule has 2 aromatic heterocycles. The van der Waals surface area contributed by atoms with Crippen molar-refractivity contribution in [2.45, 2.75) is 0 Å². The number of rotatable bonds is 2. The number of nitrogens with zero attached hydrogens (tertiary/aromatic N) is 3. The highest BCUT2D eigenvalue weighted by molar-refractivity contribution is 7.21. The van der Waals surface area contributed by atoms with Crippen LogP contribution in [0.5, 0.6) is 0 Å². The minimum absolute atomic E-state index is 0.287. The molecule has 112 valence electrons. The van der Waals surface area contributed by atoms with Crippen LogP contribution in [0.2, 0.25) is 5.02 Å². The van der Waals surface area contributed by atoms with Crippen LogP contribution in [-0.4, -0.2) is 15.0 Å². The van der Waals surface area contributed by atoms with Crippen LogP contribution in [0.4, 0.5) is 10.8 Å². The molecule has 2 aromatic carbocycles. The summed E-state index contributed by atoms with van der Waals surface area (Å²) < 4.78 is 0. The molecule has 0 amide bonds. The Morgan fingerprint density at radius 3 is 2.35 bits per heavy atom. The zero-order valence-electron chi connectivity index (χ0n) is 11.7. The molecule has 0 saturated heterocycles. The third kappa shape index (κ3) is 2.74. The monoisotopic (exact) mass is 340 g/mol. The van der Waals surface area contributed by atoms with Crippen LogP contribution in [0, 0.1) is 0 Å². The number of halogens is 1. The summed E-state index contributed by atoms with van der Waals surface area (Å²) in [6.07, 6.45) is 0. The van der Waals surface area contributed by atoms with Gasteiger partial charge >= 0.3 is 5.56 Å². The summed E-state index contributed by atoms with van der Waals surface area (Å²) in [5.41, 5.74) is 2.12. The van der Waals surface area contributed by atoms with Crippen molar-refractivity contribution < 1.29 is 0 Å². The van der Waals surface area contributed by atoms with E-state index in [1.807, 2.05) is 36.4 Å². The maximum Gasteiger partial charge on any atom is 0.301 e. The van der Waals surface area contributed by atoms with E-state index in [0.29, 0.717) is 20.5 Å². The fourth-order valence-corrected chi connectivity index (χ4v) is 3.14. The van der Waals surface area contributed by atoms with Gasteiger partial charge < -0.3 is 5.32 Å². The van der Waals surface area contributed by atoms with Gasteiger partial charge in [-0.1, -0.05) is 35.1 Å². The Labute approximate surface area is 139 Å². The lowest BCUT2D eigenvalue weighted by Crippen LogP contribution is -2.10. The van der Waals surface area contributed by atoms with Crippen molar-refractivity contribution >= 4 is 55.1 Å². The summed E-state index contributed by atoms with van der Waals surface area (Å²) in [7, 11) is 0. The number of hydrogen-bond acceptors (Lipinski definition) is 6. The second-order valence-electron chi connectivity index (χ2n) is 4.82. The van der Waals surface area contributed by atoms with Crippen molar-refractivity contribution in [3.8, 4) is 0 Å². The van der Waals surface area contributed by atoms with E-state index in [9.17, 15) is 4.79 Å². The second-order valence-corrected chi connectivity index (χ2v) is 6.24. The first-order valence-electron chi connectivity index (χ1n) is 6.79. The van der Waals surface area contributed by atoms with Gasteiger partial charge in [-0.3, -0.25) is 4.79 Å². The average molecular weight is 341 g/mol. The van der Waals surface area contributed by atoms with Crippen LogP contribution in [0.1, 0.15) is 0 Å². The van der Waals surface area contributed by atoms with Crippen molar-refractivity contribution in [1.82, 2.24) is 15.0 Å². The standard InChI is InChI=1S/C16H9ClN4OS/c17-9-5-7-10(8-6-9)18-16-21-14(22)13-15(23-16)20-12-4-2-1-3-11(12)19-13/h1-8H,(H,18,21,22). The van der Waals surface area contributed by atoms with Gasteiger partial charge in [0.25, 0.3) is 0 Å². The third-order valence-electron chi connectivity index (χ3n) is 3.23. The van der Waals surface area contributed by atoms with Crippen LogP contribution >= 0.6 is 22.9 Å². The van der Waals surface area contributed by atoms with E-state index in [-0.39, 0.29) is 5.52 Å². The molecule has 0 aliphatic carbocycles. The fraction of sp³-hybridized carbons (Fsp3) is 0. The first-order valence-corrected chi connectivity index (χ1v) is 7.99. The van der Waals surface area contributed by atoms with Gasteiger partial charge in [-0.2, -0.15) is 4.98 Å². The zero-order valence-corrected chi connectivity index (χ0v) is 13.2. The minimum Gasteiger partial charge on any atom is -0.331 e. The Hall–Kier alpha value is -2.57. The number of nitrogens with one attached hydrogen (secondary N) is 1. The number of hydrogen-bond donors (Lipinski definition) is 1. The molecule has 4 rings (SSSR count). The Bertz CT molecular complexity index is 1080. The van der Waals surface area contributed by atoms with Crippen LogP contribution < -0.4 is 10.9 Å². The smallest absolute Gasteiger partial charge is 0.301 e. The molecule has 0 bridgehead atoms. The molecule has 7 heteroatoms. The molecule has 0 atom stereocenters. The molecule has 0 fully saturated rings. The van der Waals surface area contributed by atoms with E-state index in [4.69, 9.17) is 11.6 Å². The van der Waals surface area contributed by atoms with Gasteiger partial charge in [0.05, 0.1) is 11.0 Å². The van der Waals surface area contributed by atoms with Crippen LogP contribution in [0.15, 0.2) is 53.3 Å². The van der Waals surface area contributed by atoms with E-state index in [0.717, 1.165) is 11.2 Å². The first kappa shape index (κ1) is 14.0. The lowest BCUT2D eigenvalue weighted by Gasteiger charge is -2.05. The highest BCUT2D eigenvalue weighted by Gasteiger charge is 2.09. The van der Waals surface area contributed by atoms with Gasteiger partial charge in [-0.25, -0.2) is 9.97 Å². The molecule has 0 aliphatic rings. The largest absolute Gasteiger partial charge is 0.331 e. The van der Waals surface area contributed by atoms with E-state index in [2.05, 4.69) is 20.3 Å². The summed E-state index contributed by atoms with van der Waals surface area (Å²) in [6.45, 7) is 0. The molecule has 0 aliphatic heterocycles. The van der Waals surface area contributed by atoms with Crippen molar-refractivity contribution in [2.24, 2.45) is 0 Å². The number of fused-ring (bicyclic) bond motifs is 2. The van der Waals surface area contributed by atoms with Gasteiger partial charge in [-0.05, 0) is 36.4 Å². The second kappa shape index (κ2) is 5.57. The molecule has 2 heterocycles. The normalized spacial score (nSPS) is 11.0. The number of anilines is 2. The molecule has 0 spiro atoms. The van der Waals surface area contributed by atoms with Crippen molar-refractivity contribution in [2.75, 3.05) is 5.32 Å². The van der Waals surface area contributed by atoms with Crippen LogP contribution in [-0.2, 0) is 0 Å².